The fraction of sp³-hybridized carbons (Fsp3) is 1.00. The summed E-state index contributed by atoms with van der Waals surface area (Å²) in [7, 11) is 0.899. The Balaban J connectivity index is 5.44. The Morgan fingerprint density at radius 2 is 1.27 bits per heavy atom. The molecule has 0 heterocycles. The fourth-order valence-corrected chi connectivity index (χ4v) is 5.88. The van der Waals surface area contributed by atoms with Crippen LogP contribution in [0, 0.1) is 0 Å². The maximum absolute atomic E-state index is 6.57. The van der Waals surface area contributed by atoms with Gasteiger partial charge in [0, 0.05) is 31.2 Å². The number of hydrogen-bond donors (Lipinski definition) is 0. The number of hydrogen-bond acceptors (Lipinski definition) is 5. The molecule has 0 aromatic heterocycles. The van der Waals surface area contributed by atoms with E-state index in [2.05, 4.69) is 74.2 Å². The molecule has 0 aromatic carbocycles. The Kier molecular flexibility index (Phi) is 10.5. The smallest absolute Gasteiger partial charge is 0.135 e. The summed E-state index contributed by atoms with van der Waals surface area (Å²) in [6.45, 7) is 17.6. The Hall–Kier alpha value is 0.930. The molecule has 0 aliphatic carbocycles. The third kappa shape index (κ3) is 6.21. The molecule has 0 saturated heterocycles. The van der Waals surface area contributed by atoms with E-state index in [-0.39, 0.29) is 20.2 Å². The first-order valence-electron chi connectivity index (χ1n) is 9.68. The molecule has 4 atom stereocenters. The first-order valence-corrected chi connectivity index (χ1v) is 14.0. The van der Waals surface area contributed by atoms with E-state index in [1.165, 1.54) is 12.0 Å². The van der Waals surface area contributed by atoms with Crippen LogP contribution in [0.25, 0.3) is 0 Å². The van der Waals surface area contributed by atoms with Crippen LogP contribution in [0.1, 0.15) is 81.1 Å². The van der Waals surface area contributed by atoms with Gasteiger partial charge in [-0.1, -0.05) is 27.7 Å². The highest BCUT2D eigenvalue weighted by Gasteiger charge is 2.48. The van der Waals surface area contributed by atoms with Crippen LogP contribution in [0.5, 0.6) is 0 Å². The van der Waals surface area contributed by atoms with Crippen LogP contribution in [-0.4, -0.2) is 46.1 Å². The van der Waals surface area contributed by atoms with E-state index in [1.54, 1.807) is 19.2 Å². The molecule has 0 rings (SSSR count). The molecule has 6 heteroatoms. The van der Waals surface area contributed by atoms with E-state index >= 15 is 0 Å². The lowest BCUT2D eigenvalue weighted by Gasteiger charge is -2.49. The number of rotatable bonds is 13. The predicted octanol–water partition coefficient (Wildman–Crippen LogP) is 7.25. The van der Waals surface area contributed by atoms with Crippen LogP contribution in [0.4, 0.5) is 0 Å². The van der Waals surface area contributed by atoms with Crippen LogP contribution in [0.3, 0.4) is 0 Å². The summed E-state index contributed by atoms with van der Waals surface area (Å²) >= 11 is 3.08. The highest BCUT2D eigenvalue weighted by atomic mass is 32.3. The van der Waals surface area contributed by atoms with Gasteiger partial charge in [-0.05, 0) is 72.1 Å². The maximum atomic E-state index is 6.57. The van der Waals surface area contributed by atoms with E-state index in [4.69, 9.17) is 13.1 Å². The van der Waals surface area contributed by atoms with Crippen molar-refractivity contribution in [2.45, 2.75) is 101 Å². The first kappa shape index (κ1) is 26.9. The molecule has 0 radical (unpaired) electrons. The van der Waals surface area contributed by atoms with Crippen molar-refractivity contribution in [2.75, 3.05) is 25.9 Å². The third-order valence-electron chi connectivity index (χ3n) is 6.28. The third-order valence-corrected chi connectivity index (χ3v) is 12.2. The summed E-state index contributed by atoms with van der Waals surface area (Å²) in [6.07, 6.45) is 10.8. The molecule has 0 aliphatic heterocycles. The Morgan fingerprint density at radius 1 is 0.731 bits per heavy atom. The van der Waals surface area contributed by atoms with Crippen LogP contribution >= 0.6 is 34.1 Å². The molecule has 0 N–H and O–H groups in total. The van der Waals surface area contributed by atoms with Crippen LogP contribution in [-0.2, 0) is 13.1 Å². The van der Waals surface area contributed by atoms with Gasteiger partial charge in [0.2, 0.25) is 0 Å². The molecule has 3 nitrogen and oxygen atoms in total. The van der Waals surface area contributed by atoms with Gasteiger partial charge in [-0.2, -0.15) is 0 Å². The summed E-state index contributed by atoms with van der Waals surface area (Å²) in [5, 5.41) is 0. The molecular formula is C20H44O3S3. The SMILES string of the molecule is CCC(C)(OC)SOC(C)(CC)C(C)(CC)SOC(C)(CC)S(C)(C)C. The van der Waals surface area contributed by atoms with Crippen molar-refractivity contribution in [1.82, 2.24) is 0 Å². The molecule has 0 aromatic rings. The summed E-state index contributed by atoms with van der Waals surface area (Å²) in [6, 6.07) is 0. The van der Waals surface area contributed by atoms with Crippen molar-refractivity contribution in [3.63, 3.8) is 0 Å². The second-order valence-electron chi connectivity index (χ2n) is 8.52. The molecule has 0 aliphatic rings. The van der Waals surface area contributed by atoms with Gasteiger partial charge in [0.25, 0.3) is 0 Å². The second-order valence-corrected chi connectivity index (χ2v) is 15.5. The molecule has 0 bridgehead atoms. The average Bonchev–Trinajstić information content (AvgIpc) is 2.62. The van der Waals surface area contributed by atoms with Gasteiger partial charge in [-0.25, -0.2) is 10.0 Å². The van der Waals surface area contributed by atoms with E-state index in [1.807, 2.05) is 0 Å². The van der Waals surface area contributed by atoms with Crippen LogP contribution in [0.2, 0.25) is 0 Å². The lowest BCUT2D eigenvalue weighted by molar-refractivity contribution is 0.0339. The maximum Gasteiger partial charge on any atom is 0.135 e. The second kappa shape index (κ2) is 10.1. The molecule has 0 spiro atoms. The minimum absolute atomic E-state index is 0.111. The quantitative estimate of drug-likeness (QED) is 0.227. The van der Waals surface area contributed by atoms with Gasteiger partial charge in [-0.15, -0.1) is 0 Å². The zero-order chi connectivity index (χ0) is 20.9. The normalized spacial score (nSPS) is 22.8. The van der Waals surface area contributed by atoms with Crippen molar-refractivity contribution >= 4 is 34.1 Å². The molecule has 160 valence electrons. The van der Waals surface area contributed by atoms with Gasteiger partial charge < -0.3 is 8.92 Å². The van der Waals surface area contributed by atoms with Crippen LogP contribution < -0.4 is 0 Å². The van der Waals surface area contributed by atoms with Crippen molar-refractivity contribution < 1.29 is 13.1 Å². The van der Waals surface area contributed by atoms with Gasteiger partial charge in [0.05, 0.1) is 10.3 Å². The number of methoxy groups -OCH3 is 1. The lowest BCUT2D eigenvalue weighted by atomic mass is 9.85. The summed E-state index contributed by atoms with van der Waals surface area (Å²) < 4.78 is 18.5. The molecular weight excluding hydrogens is 384 g/mol. The predicted molar refractivity (Wildman–Crippen MR) is 125 cm³/mol. The molecule has 4 unspecified atom stereocenters. The van der Waals surface area contributed by atoms with Crippen molar-refractivity contribution in [2.24, 2.45) is 0 Å². The zero-order valence-electron chi connectivity index (χ0n) is 19.3. The van der Waals surface area contributed by atoms with Crippen molar-refractivity contribution in [1.29, 1.82) is 0 Å². The summed E-state index contributed by atoms with van der Waals surface area (Å²) in [4.78, 5) is -0.440. The van der Waals surface area contributed by atoms with Gasteiger partial charge in [0.1, 0.15) is 9.87 Å². The number of ether oxygens (including phenoxy) is 1. The van der Waals surface area contributed by atoms with Crippen LogP contribution in [0.15, 0.2) is 0 Å². The molecule has 0 amide bonds. The first-order chi connectivity index (χ1) is 11.7. The lowest BCUT2D eigenvalue weighted by Crippen LogP contribution is -2.49. The van der Waals surface area contributed by atoms with Gasteiger partial charge in [0.15, 0.2) is 0 Å². The molecule has 0 fully saturated rings. The van der Waals surface area contributed by atoms with Crippen molar-refractivity contribution in [3.05, 3.63) is 0 Å². The Morgan fingerprint density at radius 3 is 1.58 bits per heavy atom. The molecule has 0 saturated carbocycles. The summed E-state index contributed by atoms with van der Waals surface area (Å²) in [5.41, 5.74) is -0.325. The van der Waals surface area contributed by atoms with Crippen molar-refractivity contribution in [3.8, 4) is 0 Å². The standard InChI is InChI=1S/C20H44O3S3/c1-13-17(5,22-25-19(7,15-3)21-9)18(6,14-2)24-23-20(8,16-4)26(10,11)12/h13-16H2,1-12H3. The topological polar surface area (TPSA) is 27.7 Å². The van der Waals surface area contributed by atoms with Gasteiger partial charge >= 0.3 is 0 Å². The monoisotopic (exact) mass is 428 g/mol. The fourth-order valence-electron chi connectivity index (χ4n) is 2.23. The Labute approximate surface area is 174 Å². The summed E-state index contributed by atoms with van der Waals surface area (Å²) in [5.74, 6) is 0. The highest BCUT2D eigenvalue weighted by molar-refractivity contribution is 8.33. The van der Waals surface area contributed by atoms with Gasteiger partial charge in [-0.3, -0.25) is 4.18 Å². The molecule has 26 heavy (non-hydrogen) atoms. The minimum atomic E-state index is -0.850. The van der Waals surface area contributed by atoms with E-state index in [0.29, 0.717) is 0 Å². The Bertz CT molecular complexity index is 423. The van der Waals surface area contributed by atoms with E-state index < -0.39 is 10.0 Å². The largest absolute Gasteiger partial charge is 0.366 e. The highest BCUT2D eigenvalue weighted by Crippen LogP contribution is 2.57. The van der Waals surface area contributed by atoms with E-state index in [0.717, 1.165) is 25.7 Å². The zero-order valence-corrected chi connectivity index (χ0v) is 21.7. The average molecular weight is 429 g/mol. The minimum Gasteiger partial charge on any atom is -0.366 e. The van der Waals surface area contributed by atoms with E-state index in [9.17, 15) is 0 Å².